The fraction of sp³-hybridized carbons (Fsp3) is 0.533. The molecule has 20 heavy (non-hydrogen) atoms. The number of carbonyl (C=O) groups excluding carboxylic acids is 1. The number of hydrogen-bond donors (Lipinski definition) is 2. The third-order valence-electron chi connectivity index (χ3n) is 3.87. The summed E-state index contributed by atoms with van der Waals surface area (Å²) in [6.45, 7) is 3.49. The second-order valence-corrected chi connectivity index (χ2v) is 5.10. The zero-order valence-corrected chi connectivity index (χ0v) is 12.6. The van der Waals surface area contributed by atoms with E-state index in [-0.39, 0.29) is 29.7 Å². The lowest BCUT2D eigenvalue weighted by molar-refractivity contribution is -0.127. The molecule has 0 saturated carbocycles. The summed E-state index contributed by atoms with van der Waals surface area (Å²) < 4.78 is 13.0. The van der Waals surface area contributed by atoms with Crippen molar-refractivity contribution in [2.75, 3.05) is 13.1 Å². The number of rotatable bonds is 5. The summed E-state index contributed by atoms with van der Waals surface area (Å²) in [5.74, 6) is -0.157. The van der Waals surface area contributed by atoms with Crippen LogP contribution in [0.25, 0.3) is 0 Å². The fourth-order valence-electron chi connectivity index (χ4n) is 2.64. The van der Waals surface area contributed by atoms with Crippen LogP contribution in [0.3, 0.4) is 0 Å². The molecule has 0 bridgehead atoms. The van der Waals surface area contributed by atoms with Crippen molar-refractivity contribution in [1.29, 1.82) is 0 Å². The summed E-state index contributed by atoms with van der Waals surface area (Å²) in [6, 6.07) is 6.50. The maximum absolute atomic E-state index is 13.0. The van der Waals surface area contributed by atoms with Crippen molar-refractivity contribution >= 4 is 18.3 Å². The van der Waals surface area contributed by atoms with E-state index < -0.39 is 0 Å². The third kappa shape index (κ3) is 3.93. The zero-order chi connectivity index (χ0) is 13.7. The van der Waals surface area contributed by atoms with Crippen LogP contribution in [-0.4, -0.2) is 24.5 Å². The van der Waals surface area contributed by atoms with E-state index in [9.17, 15) is 9.18 Å². The molecule has 0 aliphatic carbocycles. The average Bonchev–Trinajstić information content (AvgIpc) is 2.89. The van der Waals surface area contributed by atoms with Crippen molar-refractivity contribution in [3.8, 4) is 0 Å². The quantitative estimate of drug-likeness (QED) is 0.877. The molecular weight excluding hydrogens is 279 g/mol. The van der Waals surface area contributed by atoms with Crippen LogP contribution in [-0.2, 0) is 11.2 Å². The third-order valence-corrected chi connectivity index (χ3v) is 3.87. The topological polar surface area (TPSA) is 41.1 Å². The lowest BCUT2D eigenvalue weighted by Gasteiger charge is -2.26. The normalized spacial score (nSPS) is 21.3. The van der Waals surface area contributed by atoms with Crippen molar-refractivity contribution in [3.05, 3.63) is 35.6 Å². The van der Waals surface area contributed by atoms with Crippen molar-refractivity contribution in [2.45, 2.75) is 38.1 Å². The van der Waals surface area contributed by atoms with Crippen molar-refractivity contribution in [1.82, 2.24) is 10.6 Å². The van der Waals surface area contributed by atoms with Gasteiger partial charge in [-0.05, 0) is 49.9 Å². The van der Waals surface area contributed by atoms with Gasteiger partial charge in [0.15, 0.2) is 0 Å². The number of carbonyl (C=O) groups is 1. The molecule has 1 aromatic carbocycles. The van der Waals surface area contributed by atoms with Gasteiger partial charge in [0.05, 0.1) is 5.54 Å². The summed E-state index contributed by atoms with van der Waals surface area (Å²) in [5.41, 5.74) is 0.521. The van der Waals surface area contributed by atoms with E-state index >= 15 is 0 Å². The maximum Gasteiger partial charge on any atom is 0.240 e. The molecule has 5 heteroatoms. The van der Waals surface area contributed by atoms with E-state index in [4.69, 9.17) is 0 Å². The second kappa shape index (κ2) is 7.60. The number of benzene rings is 1. The van der Waals surface area contributed by atoms with Crippen molar-refractivity contribution in [2.24, 2.45) is 0 Å². The van der Waals surface area contributed by atoms with Gasteiger partial charge in [0.25, 0.3) is 0 Å². The summed E-state index contributed by atoms with van der Waals surface area (Å²) in [5, 5.41) is 6.27. The molecule has 1 aromatic rings. The molecule has 1 fully saturated rings. The van der Waals surface area contributed by atoms with Gasteiger partial charge in [-0.1, -0.05) is 19.1 Å². The Bertz CT molecular complexity index is 447. The Morgan fingerprint density at radius 2 is 2.30 bits per heavy atom. The molecular formula is C15H22ClFN2O. The van der Waals surface area contributed by atoms with Gasteiger partial charge < -0.3 is 10.6 Å². The molecule has 0 aromatic heterocycles. The Morgan fingerprint density at radius 3 is 2.90 bits per heavy atom. The molecule has 3 nitrogen and oxygen atoms in total. The van der Waals surface area contributed by atoms with Gasteiger partial charge in [-0.15, -0.1) is 12.4 Å². The molecule has 1 saturated heterocycles. The van der Waals surface area contributed by atoms with Gasteiger partial charge in [-0.2, -0.15) is 0 Å². The predicted molar refractivity (Wildman–Crippen MR) is 80.6 cm³/mol. The second-order valence-electron chi connectivity index (χ2n) is 5.10. The molecule has 1 atom stereocenters. The average molecular weight is 301 g/mol. The van der Waals surface area contributed by atoms with Crippen molar-refractivity contribution < 1.29 is 9.18 Å². The minimum absolute atomic E-state index is 0. The van der Waals surface area contributed by atoms with E-state index in [0.29, 0.717) is 13.0 Å². The predicted octanol–water partition coefficient (Wildman–Crippen LogP) is 2.44. The van der Waals surface area contributed by atoms with Gasteiger partial charge in [-0.25, -0.2) is 4.39 Å². The van der Waals surface area contributed by atoms with Crippen LogP contribution in [0.2, 0.25) is 0 Å². The molecule has 0 spiro atoms. The summed E-state index contributed by atoms with van der Waals surface area (Å²) >= 11 is 0. The Balaban J connectivity index is 0.00000200. The summed E-state index contributed by atoms with van der Waals surface area (Å²) in [7, 11) is 0. The van der Waals surface area contributed by atoms with Crippen LogP contribution in [0, 0.1) is 5.82 Å². The van der Waals surface area contributed by atoms with Crippen LogP contribution in [0.1, 0.15) is 31.7 Å². The first-order valence-electron chi connectivity index (χ1n) is 6.94. The highest BCUT2D eigenvalue weighted by Crippen LogP contribution is 2.22. The highest BCUT2D eigenvalue weighted by molar-refractivity contribution is 5.86. The molecule has 2 N–H and O–H groups in total. The molecule has 1 aliphatic rings. The van der Waals surface area contributed by atoms with Crippen LogP contribution in [0.5, 0.6) is 0 Å². The van der Waals surface area contributed by atoms with E-state index in [1.807, 2.05) is 13.0 Å². The monoisotopic (exact) mass is 300 g/mol. The van der Waals surface area contributed by atoms with Crippen molar-refractivity contribution in [3.63, 3.8) is 0 Å². The molecule has 2 rings (SSSR count). The van der Waals surface area contributed by atoms with Gasteiger partial charge in [0.1, 0.15) is 5.82 Å². The molecule has 1 amide bonds. The zero-order valence-electron chi connectivity index (χ0n) is 11.7. The van der Waals surface area contributed by atoms with E-state index in [2.05, 4.69) is 10.6 Å². The first kappa shape index (κ1) is 16.9. The number of nitrogens with one attached hydrogen (secondary N) is 2. The van der Waals surface area contributed by atoms with Gasteiger partial charge in [0, 0.05) is 6.54 Å². The van der Waals surface area contributed by atoms with Gasteiger partial charge in [0.2, 0.25) is 5.91 Å². The first-order chi connectivity index (χ1) is 9.16. The summed E-state index contributed by atoms with van der Waals surface area (Å²) in [6.07, 6.45) is 3.41. The van der Waals surface area contributed by atoms with Gasteiger partial charge >= 0.3 is 0 Å². The van der Waals surface area contributed by atoms with Gasteiger partial charge in [-0.3, -0.25) is 4.79 Å². The first-order valence-corrected chi connectivity index (χ1v) is 6.94. The summed E-state index contributed by atoms with van der Waals surface area (Å²) in [4.78, 5) is 12.2. The van der Waals surface area contributed by atoms with E-state index in [1.165, 1.54) is 12.1 Å². The lowest BCUT2D eigenvalue weighted by atomic mass is 9.93. The number of hydrogen-bond acceptors (Lipinski definition) is 2. The van der Waals surface area contributed by atoms with E-state index in [1.54, 1.807) is 6.07 Å². The Labute approximate surface area is 125 Å². The smallest absolute Gasteiger partial charge is 0.240 e. The fourth-order valence-corrected chi connectivity index (χ4v) is 2.64. The molecule has 0 radical (unpaired) electrons. The molecule has 1 unspecified atom stereocenters. The van der Waals surface area contributed by atoms with Crippen LogP contribution < -0.4 is 10.6 Å². The van der Waals surface area contributed by atoms with Crippen LogP contribution in [0.4, 0.5) is 4.39 Å². The van der Waals surface area contributed by atoms with Crippen LogP contribution in [0.15, 0.2) is 24.3 Å². The standard InChI is InChI=1S/C15H21FN2O.ClH/c1-2-15(8-4-9-18-15)14(19)17-10-7-12-5-3-6-13(16)11-12;/h3,5-6,11,18H,2,4,7-10H2,1H3,(H,17,19);1H. The molecule has 112 valence electrons. The van der Waals surface area contributed by atoms with E-state index in [0.717, 1.165) is 31.4 Å². The minimum atomic E-state index is -0.387. The Kier molecular flexibility index (Phi) is 6.43. The molecule has 1 aliphatic heterocycles. The highest BCUT2D eigenvalue weighted by Gasteiger charge is 2.38. The lowest BCUT2D eigenvalue weighted by Crippen LogP contribution is -2.53. The highest BCUT2D eigenvalue weighted by atomic mass is 35.5. The van der Waals surface area contributed by atoms with Crippen LogP contribution >= 0.6 is 12.4 Å². The number of amides is 1. The minimum Gasteiger partial charge on any atom is -0.354 e. The number of halogens is 2. The molecule has 1 heterocycles. The largest absolute Gasteiger partial charge is 0.354 e. The maximum atomic E-state index is 13.0. The Hall–Kier alpha value is -1.13. The Morgan fingerprint density at radius 1 is 1.50 bits per heavy atom. The SMILES string of the molecule is CCC1(C(=O)NCCc2cccc(F)c2)CCCN1.Cl.